The van der Waals surface area contributed by atoms with Gasteiger partial charge in [-0.1, -0.05) is 6.42 Å². The molecule has 0 bridgehead atoms. The van der Waals surface area contributed by atoms with E-state index < -0.39 is 0 Å². The quantitative estimate of drug-likeness (QED) is 0.578. The Kier molecular flexibility index (Phi) is 6.48. The molecular formula is C24H32N8O. The predicted molar refractivity (Wildman–Crippen MR) is 127 cm³/mol. The Morgan fingerprint density at radius 2 is 1.85 bits per heavy atom. The number of hydrogen-bond acceptors (Lipinski definition) is 7. The molecule has 0 unspecified atom stereocenters. The van der Waals surface area contributed by atoms with Gasteiger partial charge in [-0.2, -0.15) is 0 Å². The van der Waals surface area contributed by atoms with E-state index in [0.717, 1.165) is 93.6 Å². The molecule has 5 heterocycles. The van der Waals surface area contributed by atoms with E-state index in [1.165, 1.54) is 6.42 Å². The van der Waals surface area contributed by atoms with Gasteiger partial charge in [0.25, 0.3) is 5.91 Å². The van der Waals surface area contributed by atoms with Crippen LogP contribution in [0.1, 0.15) is 47.6 Å². The molecule has 174 valence electrons. The Labute approximate surface area is 194 Å². The zero-order valence-corrected chi connectivity index (χ0v) is 19.3. The van der Waals surface area contributed by atoms with E-state index in [1.54, 1.807) is 12.4 Å². The SMILES string of the molecule is Cc1cc(C(=O)NCCCN2CCN(c3ncccn3)CC2)c2nc3n(c2n1)CCCCC3. The first kappa shape index (κ1) is 21.8. The first-order valence-corrected chi connectivity index (χ1v) is 12.1. The van der Waals surface area contributed by atoms with Crippen LogP contribution in [0.15, 0.2) is 24.5 Å². The first-order chi connectivity index (χ1) is 16.2. The summed E-state index contributed by atoms with van der Waals surface area (Å²) in [4.78, 5) is 35.9. The van der Waals surface area contributed by atoms with E-state index in [2.05, 4.69) is 29.7 Å². The molecule has 9 heteroatoms. The van der Waals surface area contributed by atoms with Gasteiger partial charge in [-0.05, 0) is 44.9 Å². The lowest BCUT2D eigenvalue weighted by molar-refractivity contribution is 0.0952. The van der Waals surface area contributed by atoms with Crippen LogP contribution in [0.3, 0.4) is 0 Å². The lowest BCUT2D eigenvalue weighted by atomic mass is 10.2. The van der Waals surface area contributed by atoms with Crippen molar-refractivity contribution in [3.8, 4) is 0 Å². The van der Waals surface area contributed by atoms with Crippen molar-refractivity contribution in [3.63, 3.8) is 0 Å². The third-order valence-electron chi connectivity index (χ3n) is 6.58. The van der Waals surface area contributed by atoms with E-state index in [0.29, 0.717) is 12.1 Å². The van der Waals surface area contributed by atoms with E-state index in [1.807, 2.05) is 19.1 Å². The van der Waals surface area contributed by atoms with Crippen LogP contribution < -0.4 is 10.2 Å². The van der Waals surface area contributed by atoms with Gasteiger partial charge in [0.1, 0.15) is 11.3 Å². The van der Waals surface area contributed by atoms with Crippen molar-refractivity contribution in [2.75, 3.05) is 44.2 Å². The van der Waals surface area contributed by atoms with Gasteiger partial charge >= 0.3 is 0 Å². The Morgan fingerprint density at radius 3 is 2.67 bits per heavy atom. The van der Waals surface area contributed by atoms with Crippen LogP contribution in [0.25, 0.3) is 11.2 Å². The molecule has 0 spiro atoms. The van der Waals surface area contributed by atoms with E-state index in [-0.39, 0.29) is 5.91 Å². The normalized spacial score (nSPS) is 17.1. The fourth-order valence-corrected chi connectivity index (χ4v) is 4.81. The van der Waals surface area contributed by atoms with E-state index >= 15 is 0 Å². The topological polar surface area (TPSA) is 92.1 Å². The highest BCUT2D eigenvalue weighted by Crippen LogP contribution is 2.24. The summed E-state index contributed by atoms with van der Waals surface area (Å²) in [6.07, 6.45) is 8.96. The fourth-order valence-electron chi connectivity index (χ4n) is 4.81. The highest BCUT2D eigenvalue weighted by atomic mass is 16.1. The number of nitrogens with zero attached hydrogens (tertiary/aromatic N) is 7. The summed E-state index contributed by atoms with van der Waals surface area (Å²) in [7, 11) is 0. The van der Waals surface area contributed by atoms with Gasteiger partial charge in [-0.3, -0.25) is 9.69 Å². The summed E-state index contributed by atoms with van der Waals surface area (Å²) >= 11 is 0. The Morgan fingerprint density at radius 1 is 1.03 bits per heavy atom. The Balaban J connectivity index is 1.14. The molecule has 1 fully saturated rings. The molecule has 33 heavy (non-hydrogen) atoms. The number of hydrogen-bond donors (Lipinski definition) is 1. The molecule has 5 rings (SSSR count). The molecule has 0 aromatic carbocycles. The van der Waals surface area contributed by atoms with Crippen LogP contribution in [0.2, 0.25) is 0 Å². The van der Waals surface area contributed by atoms with Crippen molar-refractivity contribution in [1.82, 2.24) is 34.7 Å². The van der Waals surface area contributed by atoms with Crippen molar-refractivity contribution in [1.29, 1.82) is 0 Å². The molecule has 2 aliphatic heterocycles. The summed E-state index contributed by atoms with van der Waals surface area (Å²) in [6.45, 7) is 8.32. The zero-order valence-electron chi connectivity index (χ0n) is 19.3. The van der Waals surface area contributed by atoms with Gasteiger partial charge in [-0.15, -0.1) is 0 Å². The predicted octanol–water partition coefficient (Wildman–Crippen LogP) is 2.20. The largest absolute Gasteiger partial charge is 0.352 e. The number of carbonyl (C=O) groups is 1. The zero-order chi connectivity index (χ0) is 22.6. The number of anilines is 1. The maximum absolute atomic E-state index is 13.0. The van der Waals surface area contributed by atoms with Gasteiger partial charge in [0.05, 0.1) is 5.56 Å². The summed E-state index contributed by atoms with van der Waals surface area (Å²) in [5.41, 5.74) is 3.11. The van der Waals surface area contributed by atoms with Gasteiger partial charge in [0.15, 0.2) is 5.65 Å². The van der Waals surface area contributed by atoms with Crippen LogP contribution >= 0.6 is 0 Å². The molecule has 1 amide bonds. The van der Waals surface area contributed by atoms with E-state index in [4.69, 9.17) is 9.97 Å². The van der Waals surface area contributed by atoms with Crippen LogP contribution in [-0.2, 0) is 13.0 Å². The monoisotopic (exact) mass is 448 g/mol. The third-order valence-corrected chi connectivity index (χ3v) is 6.58. The number of piperazine rings is 1. The van der Waals surface area contributed by atoms with Gasteiger partial charge in [-0.25, -0.2) is 19.9 Å². The fraction of sp³-hybridized carbons (Fsp3) is 0.542. The molecule has 3 aromatic rings. The maximum atomic E-state index is 13.0. The average molecular weight is 449 g/mol. The molecule has 2 aliphatic rings. The molecule has 3 aromatic heterocycles. The van der Waals surface area contributed by atoms with Crippen molar-refractivity contribution in [2.24, 2.45) is 0 Å². The highest BCUT2D eigenvalue weighted by molar-refractivity contribution is 6.04. The van der Waals surface area contributed by atoms with Gasteiger partial charge in [0, 0.05) is 63.8 Å². The third kappa shape index (κ3) is 4.83. The minimum absolute atomic E-state index is 0.0511. The summed E-state index contributed by atoms with van der Waals surface area (Å²) in [5.74, 6) is 1.82. The Bertz CT molecular complexity index is 1100. The minimum Gasteiger partial charge on any atom is -0.352 e. The molecule has 1 saturated heterocycles. The number of nitrogens with one attached hydrogen (secondary N) is 1. The van der Waals surface area contributed by atoms with Crippen LogP contribution in [-0.4, -0.2) is 74.6 Å². The number of imidazole rings is 1. The first-order valence-electron chi connectivity index (χ1n) is 12.1. The summed E-state index contributed by atoms with van der Waals surface area (Å²) in [5, 5.41) is 3.11. The maximum Gasteiger partial charge on any atom is 0.253 e. The number of pyridine rings is 1. The smallest absolute Gasteiger partial charge is 0.253 e. The second-order valence-electron chi connectivity index (χ2n) is 8.96. The molecule has 0 radical (unpaired) electrons. The highest BCUT2D eigenvalue weighted by Gasteiger charge is 2.21. The van der Waals surface area contributed by atoms with Gasteiger partial charge in [0.2, 0.25) is 5.95 Å². The van der Waals surface area contributed by atoms with Crippen molar-refractivity contribution >= 4 is 23.0 Å². The molecule has 0 aliphatic carbocycles. The Hall–Kier alpha value is -3.07. The molecule has 0 saturated carbocycles. The number of rotatable bonds is 6. The second-order valence-corrected chi connectivity index (χ2v) is 8.96. The second kappa shape index (κ2) is 9.82. The minimum atomic E-state index is -0.0511. The number of aromatic nitrogens is 5. The van der Waals surface area contributed by atoms with E-state index in [9.17, 15) is 4.79 Å². The van der Waals surface area contributed by atoms with Gasteiger partial charge < -0.3 is 14.8 Å². The lowest BCUT2D eigenvalue weighted by Gasteiger charge is -2.34. The average Bonchev–Trinajstić information content (AvgIpc) is 3.02. The van der Waals surface area contributed by atoms with Crippen LogP contribution in [0, 0.1) is 6.92 Å². The summed E-state index contributed by atoms with van der Waals surface area (Å²) in [6, 6.07) is 3.71. The number of amides is 1. The molecule has 0 atom stereocenters. The number of fused-ring (bicyclic) bond motifs is 3. The van der Waals surface area contributed by atoms with Crippen molar-refractivity contribution in [3.05, 3.63) is 41.6 Å². The van der Waals surface area contributed by atoms with Crippen molar-refractivity contribution < 1.29 is 4.79 Å². The van der Waals surface area contributed by atoms with Crippen molar-refractivity contribution in [2.45, 2.75) is 45.6 Å². The van der Waals surface area contributed by atoms with Crippen LogP contribution in [0.4, 0.5) is 5.95 Å². The standard InChI is InChI=1S/C24H32N8O/c1-18-17-19(21-22(28-18)32-12-4-2-3-7-20(32)29-21)23(33)25-10-6-11-30-13-15-31(16-14-30)24-26-8-5-9-27-24/h5,8-9,17H,2-4,6-7,10-16H2,1H3,(H,25,33). The number of carbonyl (C=O) groups excluding carboxylic acids is 1. The molecule has 9 nitrogen and oxygen atoms in total. The lowest BCUT2D eigenvalue weighted by Crippen LogP contribution is -2.47. The summed E-state index contributed by atoms with van der Waals surface area (Å²) < 4.78 is 2.21. The van der Waals surface area contributed by atoms with Crippen LogP contribution in [0.5, 0.6) is 0 Å². The molecular weight excluding hydrogens is 416 g/mol. The number of aryl methyl sites for hydroxylation is 3. The molecule has 1 N–H and O–H groups in total.